The maximum absolute atomic E-state index is 11.4. The Balaban J connectivity index is 2.38. The highest BCUT2D eigenvalue weighted by Crippen LogP contribution is 2.36. The second kappa shape index (κ2) is 2.45. The van der Waals surface area contributed by atoms with Gasteiger partial charge in [0, 0.05) is 6.04 Å². The van der Waals surface area contributed by atoms with Crippen LogP contribution in [0.4, 0.5) is 0 Å². The van der Waals surface area contributed by atoms with E-state index in [1.54, 1.807) is 11.9 Å². The Morgan fingerprint density at radius 1 is 1.54 bits per heavy atom. The highest BCUT2D eigenvalue weighted by Gasteiger charge is 2.56. The summed E-state index contributed by atoms with van der Waals surface area (Å²) in [5.41, 5.74) is 0. The van der Waals surface area contributed by atoms with Gasteiger partial charge in [0.15, 0.2) is 9.84 Å². The van der Waals surface area contributed by atoms with E-state index in [-0.39, 0.29) is 11.8 Å². The van der Waals surface area contributed by atoms with E-state index in [1.807, 2.05) is 0 Å². The van der Waals surface area contributed by atoms with Crippen molar-refractivity contribution in [3.05, 3.63) is 0 Å². The molecule has 2 heterocycles. The van der Waals surface area contributed by atoms with Gasteiger partial charge in [-0.15, -0.1) is 0 Å². The van der Waals surface area contributed by atoms with Gasteiger partial charge in [-0.3, -0.25) is 9.69 Å². The van der Waals surface area contributed by atoms with Crippen molar-refractivity contribution in [1.29, 1.82) is 0 Å². The lowest BCUT2D eigenvalue weighted by molar-refractivity contribution is -0.142. The summed E-state index contributed by atoms with van der Waals surface area (Å²) in [6.07, 6.45) is 0.482. The van der Waals surface area contributed by atoms with Crippen LogP contribution in [0.5, 0.6) is 0 Å². The molecule has 2 aliphatic heterocycles. The van der Waals surface area contributed by atoms with Crippen molar-refractivity contribution in [2.24, 2.45) is 0 Å². The van der Waals surface area contributed by atoms with Crippen LogP contribution in [0.3, 0.4) is 0 Å². The molecule has 0 aliphatic carbocycles. The van der Waals surface area contributed by atoms with Crippen LogP contribution in [-0.4, -0.2) is 54.5 Å². The molecule has 2 bridgehead atoms. The topological polar surface area (TPSA) is 74.7 Å². The van der Waals surface area contributed by atoms with Crippen molar-refractivity contribution in [2.45, 2.75) is 23.8 Å². The van der Waals surface area contributed by atoms with Crippen LogP contribution >= 0.6 is 0 Å². The maximum Gasteiger partial charge on any atom is 0.322 e. The number of fused-ring (bicyclic) bond motifs is 2. The number of rotatable bonds is 1. The molecule has 2 rings (SSSR count). The van der Waals surface area contributed by atoms with Crippen LogP contribution in [0, 0.1) is 0 Å². The van der Waals surface area contributed by atoms with Crippen molar-refractivity contribution in [3.63, 3.8) is 0 Å². The average molecular weight is 205 g/mol. The molecule has 3 unspecified atom stereocenters. The van der Waals surface area contributed by atoms with E-state index >= 15 is 0 Å². The first-order valence-corrected chi connectivity index (χ1v) is 5.81. The molecule has 3 atom stereocenters. The van der Waals surface area contributed by atoms with Crippen LogP contribution in [0.25, 0.3) is 0 Å². The number of aliphatic carboxylic acids is 1. The van der Waals surface area contributed by atoms with Crippen LogP contribution in [0.1, 0.15) is 6.42 Å². The second-order valence-corrected chi connectivity index (χ2v) is 5.97. The third-order valence-corrected chi connectivity index (χ3v) is 5.23. The van der Waals surface area contributed by atoms with Gasteiger partial charge < -0.3 is 5.11 Å². The van der Waals surface area contributed by atoms with Crippen LogP contribution in [0.2, 0.25) is 0 Å². The normalized spacial score (nSPS) is 42.4. The van der Waals surface area contributed by atoms with E-state index in [0.29, 0.717) is 6.42 Å². The summed E-state index contributed by atoms with van der Waals surface area (Å²) in [5.74, 6) is -0.906. The Morgan fingerprint density at radius 3 is 2.54 bits per heavy atom. The third kappa shape index (κ3) is 1.08. The number of hydrogen-bond acceptors (Lipinski definition) is 4. The minimum Gasteiger partial charge on any atom is -0.480 e. The SMILES string of the molecule is CN1C2CC(C1C(=O)O)S(=O)(=O)C2. The van der Waals surface area contributed by atoms with Crippen LogP contribution in [0.15, 0.2) is 0 Å². The van der Waals surface area contributed by atoms with Gasteiger partial charge in [0.2, 0.25) is 0 Å². The van der Waals surface area contributed by atoms with Crippen molar-refractivity contribution in [1.82, 2.24) is 4.90 Å². The quantitative estimate of drug-likeness (QED) is 0.590. The molecule has 0 spiro atoms. The Bertz CT molecular complexity index is 350. The molecule has 0 aromatic heterocycles. The Morgan fingerprint density at radius 2 is 2.15 bits per heavy atom. The first-order valence-electron chi connectivity index (χ1n) is 4.10. The highest BCUT2D eigenvalue weighted by atomic mass is 32.2. The maximum atomic E-state index is 11.4. The summed E-state index contributed by atoms with van der Waals surface area (Å²) in [6.45, 7) is 0. The predicted octanol–water partition coefficient (Wildman–Crippen LogP) is -1.06. The van der Waals surface area contributed by atoms with Gasteiger partial charge in [-0.25, -0.2) is 8.42 Å². The summed E-state index contributed by atoms with van der Waals surface area (Å²) in [4.78, 5) is 12.4. The first-order chi connectivity index (χ1) is 5.93. The highest BCUT2D eigenvalue weighted by molar-refractivity contribution is 7.92. The van der Waals surface area contributed by atoms with Crippen molar-refractivity contribution in [3.8, 4) is 0 Å². The Labute approximate surface area is 76.3 Å². The standard InChI is InChI=1S/C7H11NO4S/c1-8-4-2-5(6(8)7(9)10)13(11,12)3-4/h4-6H,2-3H2,1H3,(H,9,10). The number of carboxylic acids is 1. The third-order valence-electron chi connectivity index (χ3n) is 3.01. The molecule has 2 aliphatic rings. The number of nitrogens with zero attached hydrogens (tertiary/aromatic N) is 1. The summed E-state index contributed by atoms with van der Waals surface area (Å²) in [7, 11) is -1.46. The molecule has 1 N–H and O–H groups in total. The van der Waals surface area contributed by atoms with E-state index in [2.05, 4.69) is 0 Å². The number of likely N-dealkylation sites (tertiary alicyclic amines) is 1. The molecular formula is C7H11NO4S. The summed E-state index contributed by atoms with van der Waals surface area (Å²) in [6, 6.07) is -0.917. The van der Waals surface area contributed by atoms with Gasteiger partial charge in [-0.2, -0.15) is 0 Å². The number of carboxylic acid groups (broad SMARTS) is 1. The van der Waals surface area contributed by atoms with E-state index < -0.39 is 27.1 Å². The van der Waals surface area contributed by atoms with Crippen LogP contribution in [-0.2, 0) is 14.6 Å². The lowest BCUT2D eigenvalue weighted by Gasteiger charge is -2.28. The largest absolute Gasteiger partial charge is 0.480 e. The van der Waals surface area contributed by atoms with Gasteiger partial charge in [-0.1, -0.05) is 0 Å². The van der Waals surface area contributed by atoms with Crippen molar-refractivity contribution < 1.29 is 18.3 Å². The molecule has 2 fully saturated rings. The molecule has 0 aromatic carbocycles. The summed E-state index contributed by atoms with van der Waals surface area (Å²) in [5, 5.41) is 8.15. The lowest BCUT2D eigenvalue weighted by Crippen LogP contribution is -2.50. The number of hydrogen-bond donors (Lipinski definition) is 1. The fraction of sp³-hybridized carbons (Fsp3) is 0.857. The van der Waals surface area contributed by atoms with Crippen LogP contribution < -0.4 is 0 Å². The zero-order valence-corrected chi connectivity index (χ0v) is 7.99. The van der Waals surface area contributed by atoms with Gasteiger partial charge >= 0.3 is 5.97 Å². The minimum atomic E-state index is -3.14. The number of sulfone groups is 1. The number of carbonyl (C=O) groups is 1. The second-order valence-electron chi connectivity index (χ2n) is 3.71. The summed E-state index contributed by atoms with van der Waals surface area (Å²) < 4.78 is 22.8. The molecule has 0 amide bonds. The minimum absolute atomic E-state index is 0.0869. The van der Waals surface area contributed by atoms with Gasteiger partial charge in [0.25, 0.3) is 0 Å². The molecule has 0 saturated carbocycles. The Hall–Kier alpha value is -0.620. The lowest BCUT2D eigenvalue weighted by atomic mass is 10.2. The van der Waals surface area contributed by atoms with E-state index in [9.17, 15) is 13.2 Å². The first kappa shape index (κ1) is 8.96. The fourth-order valence-electron chi connectivity index (χ4n) is 2.31. The average Bonchev–Trinajstić information content (AvgIpc) is 2.40. The smallest absolute Gasteiger partial charge is 0.322 e. The molecule has 74 valence electrons. The van der Waals surface area contributed by atoms with E-state index in [4.69, 9.17) is 5.11 Å². The van der Waals surface area contributed by atoms with Gasteiger partial charge in [0.05, 0.1) is 11.0 Å². The van der Waals surface area contributed by atoms with Crippen molar-refractivity contribution in [2.75, 3.05) is 12.8 Å². The molecule has 6 heteroatoms. The molecule has 0 radical (unpaired) electrons. The van der Waals surface area contributed by atoms with Gasteiger partial charge in [0.1, 0.15) is 6.04 Å². The zero-order valence-electron chi connectivity index (χ0n) is 7.17. The molecule has 5 nitrogen and oxygen atoms in total. The Kier molecular flexibility index (Phi) is 1.69. The van der Waals surface area contributed by atoms with Crippen molar-refractivity contribution >= 4 is 15.8 Å². The fourth-order valence-corrected chi connectivity index (χ4v) is 4.68. The monoisotopic (exact) mass is 205 g/mol. The zero-order chi connectivity index (χ0) is 9.80. The molecule has 2 saturated heterocycles. The van der Waals surface area contributed by atoms with E-state index in [0.717, 1.165) is 0 Å². The molecule has 0 aromatic rings. The number of likely N-dealkylation sites (N-methyl/N-ethyl adjacent to an activating group) is 1. The summed E-state index contributed by atoms with van der Waals surface area (Å²) >= 11 is 0. The predicted molar refractivity (Wildman–Crippen MR) is 45.2 cm³/mol. The van der Waals surface area contributed by atoms with E-state index in [1.165, 1.54) is 0 Å². The van der Waals surface area contributed by atoms with Gasteiger partial charge in [-0.05, 0) is 13.5 Å². The molecular weight excluding hydrogens is 194 g/mol. The molecule has 13 heavy (non-hydrogen) atoms.